The van der Waals surface area contributed by atoms with E-state index in [9.17, 15) is 9.59 Å². The Hall–Kier alpha value is -3.40. The van der Waals surface area contributed by atoms with Crippen molar-refractivity contribution in [2.45, 2.75) is 64.3 Å². The number of alkyl halides is 1. The molecule has 0 unspecified atom stereocenters. The molecule has 2 aromatic rings. The van der Waals surface area contributed by atoms with Crippen molar-refractivity contribution in [1.29, 1.82) is 0 Å². The van der Waals surface area contributed by atoms with Gasteiger partial charge in [0.15, 0.2) is 0 Å². The number of esters is 1. The van der Waals surface area contributed by atoms with Crippen LogP contribution < -0.4 is 4.90 Å². The van der Waals surface area contributed by atoms with Crippen LogP contribution in [0, 0.1) is 0 Å². The predicted molar refractivity (Wildman–Crippen MR) is 157 cm³/mol. The van der Waals surface area contributed by atoms with Crippen LogP contribution in [0.25, 0.3) is 11.0 Å². The van der Waals surface area contributed by atoms with Gasteiger partial charge in [-0.1, -0.05) is 17.7 Å². The van der Waals surface area contributed by atoms with E-state index in [-0.39, 0.29) is 12.1 Å². The molecule has 0 spiro atoms. The van der Waals surface area contributed by atoms with Crippen molar-refractivity contribution in [3.05, 3.63) is 47.8 Å². The minimum absolute atomic E-state index is 0.261. The van der Waals surface area contributed by atoms with Crippen LogP contribution in [-0.4, -0.2) is 95.6 Å². The number of fused-ring (bicyclic) bond motifs is 1. The lowest BCUT2D eigenvalue weighted by Gasteiger charge is -2.42. The molecule has 222 valence electrons. The molecule has 10 heteroatoms. The lowest BCUT2D eigenvalue weighted by Crippen LogP contribution is -2.54. The lowest BCUT2D eigenvalue weighted by atomic mass is 9.92. The number of halogens is 1. The zero-order valence-electron chi connectivity index (χ0n) is 24.7. The molecule has 2 aliphatic heterocycles. The van der Waals surface area contributed by atoms with Crippen molar-refractivity contribution in [3.8, 4) is 0 Å². The average molecular weight is 568 g/mol. The Labute approximate surface area is 241 Å². The molecule has 9 nitrogen and oxygen atoms in total. The Bertz CT molecular complexity index is 1330. The quantitative estimate of drug-likeness (QED) is 0.468. The minimum atomic E-state index is -1.29. The first-order valence-corrected chi connectivity index (χ1v) is 14.6. The summed E-state index contributed by atoms with van der Waals surface area (Å²) in [6, 6.07) is 4.19. The van der Waals surface area contributed by atoms with Crippen LogP contribution >= 0.6 is 0 Å². The number of pyridine rings is 1. The van der Waals surface area contributed by atoms with Gasteiger partial charge in [0.1, 0.15) is 16.9 Å². The maximum absolute atomic E-state index is 15.8. The number of carbonyl (C=O) groups excluding carboxylic acids is 2. The molecule has 0 N–H and O–H groups in total. The summed E-state index contributed by atoms with van der Waals surface area (Å²) in [5.41, 5.74) is 2.20. The van der Waals surface area contributed by atoms with E-state index >= 15 is 4.39 Å². The van der Waals surface area contributed by atoms with Gasteiger partial charge in [-0.15, -0.1) is 0 Å². The highest BCUT2D eigenvalue weighted by atomic mass is 19.1. The summed E-state index contributed by atoms with van der Waals surface area (Å²) in [4.78, 5) is 35.0. The average Bonchev–Trinajstić information content (AvgIpc) is 3.35. The standard InChI is InChI=1S/C31H42FN5O4/c1-30(2,3)41-29(39)36-15-11-31(32,12-16-36)22-34-17-19-35(20-18-34)26-9-13-33-27-25(26)10-14-37(27)21-23-5-7-24(8-6-23)28(38)40-4/h5,7,9-10,13-14H,6,8,11-12,15-22H2,1-4H3. The minimum Gasteiger partial charge on any atom is -0.466 e. The van der Waals surface area contributed by atoms with Crippen LogP contribution in [0.3, 0.4) is 0 Å². The molecule has 3 aliphatic rings. The number of likely N-dealkylation sites (tertiary alicyclic amines) is 1. The maximum Gasteiger partial charge on any atom is 0.410 e. The second-order valence-electron chi connectivity index (χ2n) is 12.4. The van der Waals surface area contributed by atoms with Crippen molar-refractivity contribution in [2.24, 2.45) is 0 Å². The Morgan fingerprint density at radius 2 is 1.76 bits per heavy atom. The van der Waals surface area contributed by atoms with Gasteiger partial charge in [-0.05, 0) is 45.7 Å². The van der Waals surface area contributed by atoms with E-state index in [1.165, 1.54) is 12.7 Å². The van der Waals surface area contributed by atoms with Crippen LogP contribution in [-0.2, 0) is 20.8 Å². The summed E-state index contributed by atoms with van der Waals surface area (Å²) in [7, 11) is 1.41. The molecule has 1 amide bonds. The fourth-order valence-electron chi connectivity index (χ4n) is 5.93. The van der Waals surface area contributed by atoms with Crippen LogP contribution in [0.15, 0.2) is 47.8 Å². The first kappa shape index (κ1) is 29.1. The highest BCUT2D eigenvalue weighted by Crippen LogP contribution is 2.31. The fourth-order valence-corrected chi connectivity index (χ4v) is 5.93. The van der Waals surface area contributed by atoms with Crippen LogP contribution in [0.1, 0.15) is 46.5 Å². The highest BCUT2D eigenvalue weighted by molar-refractivity contribution is 5.90. The predicted octanol–water partition coefficient (Wildman–Crippen LogP) is 4.72. The summed E-state index contributed by atoms with van der Waals surface area (Å²) < 4.78 is 28.2. The lowest BCUT2D eigenvalue weighted by molar-refractivity contribution is -0.136. The van der Waals surface area contributed by atoms with Gasteiger partial charge in [-0.3, -0.25) is 4.90 Å². The number of hydrogen-bond acceptors (Lipinski definition) is 7. The Kier molecular flexibility index (Phi) is 8.40. The number of nitrogens with zero attached hydrogens (tertiary/aromatic N) is 5. The number of aromatic nitrogens is 2. The Balaban J connectivity index is 1.16. The van der Waals surface area contributed by atoms with E-state index in [4.69, 9.17) is 9.47 Å². The molecule has 5 rings (SSSR count). The molecule has 0 aromatic carbocycles. The van der Waals surface area contributed by atoms with E-state index in [2.05, 4.69) is 37.7 Å². The number of allylic oxidation sites excluding steroid dienone is 3. The van der Waals surface area contributed by atoms with Crippen molar-refractivity contribution >= 4 is 28.8 Å². The second kappa shape index (κ2) is 11.8. The largest absolute Gasteiger partial charge is 0.466 e. The number of methoxy groups -OCH3 is 1. The summed E-state index contributed by atoms with van der Waals surface area (Å²) >= 11 is 0. The van der Waals surface area contributed by atoms with Crippen molar-refractivity contribution in [2.75, 3.05) is 57.8 Å². The number of piperazine rings is 1. The molecule has 2 aromatic heterocycles. The number of carbonyl (C=O) groups is 2. The molecule has 2 saturated heterocycles. The summed E-state index contributed by atoms with van der Waals surface area (Å²) in [5.74, 6) is -0.261. The number of anilines is 1. The number of rotatable bonds is 6. The highest BCUT2D eigenvalue weighted by Gasteiger charge is 2.39. The molecule has 0 radical (unpaired) electrons. The zero-order chi connectivity index (χ0) is 29.2. The Morgan fingerprint density at radius 1 is 1.02 bits per heavy atom. The third-order valence-electron chi connectivity index (χ3n) is 8.23. The number of piperidine rings is 1. The van der Waals surface area contributed by atoms with Gasteiger partial charge < -0.3 is 23.8 Å². The van der Waals surface area contributed by atoms with E-state index < -0.39 is 11.3 Å². The smallest absolute Gasteiger partial charge is 0.410 e. The topological polar surface area (TPSA) is 80.1 Å². The van der Waals surface area contributed by atoms with E-state index in [0.717, 1.165) is 55.9 Å². The summed E-state index contributed by atoms with van der Waals surface area (Å²) in [6.45, 7) is 10.6. The van der Waals surface area contributed by atoms with Gasteiger partial charge in [0.2, 0.25) is 0 Å². The third-order valence-corrected chi connectivity index (χ3v) is 8.23. The van der Waals surface area contributed by atoms with Gasteiger partial charge >= 0.3 is 12.1 Å². The SMILES string of the molecule is COC(=O)C1=CC=C(Cn2ccc3c(N4CCN(CC5(F)CCN(C(=O)OC(C)(C)C)CC5)CC4)ccnc32)CC1. The van der Waals surface area contributed by atoms with Gasteiger partial charge in [0.05, 0.1) is 7.11 Å². The number of ether oxygens (including phenoxy) is 2. The van der Waals surface area contributed by atoms with Gasteiger partial charge in [0.25, 0.3) is 0 Å². The van der Waals surface area contributed by atoms with Crippen LogP contribution in [0.5, 0.6) is 0 Å². The normalized spacial score (nSPS) is 20.0. The molecule has 41 heavy (non-hydrogen) atoms. The Morgan fingerprint density at radius 3 is 2.39 bits per heavy atom. The van der Waals surface area contributed by atoms with E-state index in [1.807, 2.05) is 39.1 Å². The van der Waals surface area contributed by atoms with Gasteiger partial charge in [-0.25, -0.2) is 19.0 Å². The van der Waals surface area contributed by atoms with Crippen molar-refractivity contribution in [3.63, 3.8) is 0 Å². The summed E-state index contributed by atoms with van der Waals surface area (Å²) in [5, 5.41) is 1.11. The van der Waals surface area contributed by atoms with Crippen molar-refractivity contribution in [1.82, 2.24) is 19.4 Å². The fraction of sp³-hybridized carbons (Fsp3) is 0.581. The first-order valence-electron chi connectivity index (χ1n) is 14.6. The first-order chi connectivity index (χ1) is 19.5. The molecule has 0 bridgehead atoms. The molecular formula is C31H42FN5O4. The molecule has 2 fully saturated rings. The molecule has 0 saturated carbocycles. The van der Waals surface area contributed by atoms with E-state index in [0.29, 0.717) is 44.5 Å². The van der Waals surface area contributed by atoms with Crippen molar-refractivity contribution < 1.29 is 23.5 Å². The van der Waals surface area contributed by atoms with Crippen LogP contribution in [0.4, 0.5) is 14.9 Å². The zero-order valence-corrected chi connectivity index (χ0v) is 24.7. The van der Waals surface area contributed by atoms with Crippen LogP contribution in [0.2, 0.25) is 0 Å². The van der Waals surface area contributed by atoms with E-state index in [1.54, 1.807) is 4.90 Å². The number of hydrogen-bond donors (Lipinski definition) is 0. The molecule has 0 atom stereocenters. The second-order valence-corrected chi connectivity index (χ2v) is 12.4. The maximum atomic E-state index is 15.8. The molecular weight excluding hydrogens is 525 g/mol. The monoisotopic (exact) mass is 567 g/mol. The molecule has 1 aliphatic carbocycles. The van der Waals surface area contributed by atoms with Gasteiger partial charge in [0, 0.05) is 94.2 Å². The third kappa shape index (κ3) is 6.92. The number of amides is 1. The van der Waals surface area contributed by atoms with Gasteiger partial charge in [-0.2, -0.15) is 0 Å². The summed E-state index contributed by atoms with van der Waals surface area (Å²) in [6.07, 6.45) is 9.63. The molecule has 4 heterocycles.